The minimum absolute atomic E-state index is 0.0169. The van der Waals surface area contributed by atoms with Crippen LogP contribution < -0.4 is 15.5 Å². The van der Waals surface area contributed by atoms with Gasteiger partial charge in [0.1, 0.15) is 5.60 Å². The van der Waals surface area contributed by atoms with Gasteiger partial charge < -0.3 is 25.2 Å². The van der Waals surface area contributed by atoms with Crippen LogP contribution in [0.4, 0.5) is 10.5 Å². The van der Waals surface area contributed by atoms with Gasteiger partial charge in [0, 0.05) is 48.5 Å². The number of ether oxygens (including phenoxy) is 1. The third-order valence-corrected chi connectivity index (χ3v) is 7.03. The molecule has 2 aliphatic rings. The average Bonchev–Trinajstić information content (AvgIpc) is 2.69. The predicted molar refractivity (Wildman–Crippen MR) is 138 cm³/mol. The van der Waals surface area contributed by atoms with Crippen LogP contribution in [0, 0.1) is 18.8 Å². The van der Waals surface area contributed by atoms with Crippen molar-refractivity contribution in [2.75, 3.05) is 31.1 Å². The second-order valence-corrected chi connectivity index (χ2v) is 11.3. The number of hydrogen-bond acceptors (Lipinski definition) is 5. The lowest BCUT2D eigenvalue weighted by Crippen LogP contribution is -2.62. The minimum atomic E-state index is -0.535. The summed E-state index contributed by atoms with van der Waals surface area (Å²) in [5, 5.41) is 6.39. The first kappa shape index (κ1) is 27.1. The molecule has 3 amide bonds. The number of piperidine rings is 1. The Morgan fingerprint density at radius 2 is 1.91 bits per heavy atom. The smallest absolute Gasteiger partial charge is 0.410 e. The number of hydrogen-bond donors (Lipinski definition) is 2. The summed E-state index contributed by atoms with van der Waals surface area (Å²) in [7, 11) is 0. The Kier molecular flexibility index (Phi) is 8.25. The third-order valence-electron chi connectivity index (χ3n) is 6.81. The van der Waals surface area contributed by atoms with Gasteiger partial charge in [-0.2, -0.15) is 0 Å². The number of carbonyl (C=O) groups excluding carboxylic acids is 3. The van der Waals surface area contributed by atoms with Crippen LogP contribution in [-0.4, -0.2) is 66.7 Å². The zero-order valence-electron chi connectivity index (χ0n) is 21.9. The van der Waals surface area contributed by atoms with Gasteiger partial charge >= 0.3 is 6.09 Å². The number of halogens is 1. The maximum absolute atomic E-state index is 13.1. The molecule has 3 rings (SSSR count). The summed E-state index contributed by atoms with van der Waals surface area (Å²) >= 11 is 6.44. The van der Waals surface area contributed by atoms with Crippen LogP contribution in [-0.2, 0) is 9.53 Å². The van der Waals surface area contributed by atoms with Gasteiger partial charge in [0.2, 0.25) is 5.91 Å². The monoisotopic (exact) mass is 506 g/mol. The Balaban J connectivity index is 1.70. The van der Waals surface area contributed by atoms with Crippen LogP contribution in [0.25, 0.3) is 0 Å². The number of carbonyl (C=O) groups is 3. The third kappa shape index (κ3) is 6.40. The largest absolute Gasteiger partial charge is 0.444 e. The van der Waals surface area contributed by atoms with E-state index in [4.69, 9.17) is 16.3 Å². The molecule has 3 unspecified atom stereocenters. The van der Waals surface area contributed by atoms with Gasteiger partial charge in [-0.05, 0) is 71.6 Å². The van der Waals surface area contributed by atoms with E-state index in [1.165, 1.54) is 0 Å². The average molecular weight is 507 g/mol. The molecule has 35 heavy (non-hydrogen) atoms. The summed E-state index contributed by atoms with van der Waals surface area (Å²) in [5.74, 6) is -0.325. The van der Waals surface area contributed by atoms with Gasteiger partial charge in [0.05, 0.1) is 12.0 Å². The van der Waals surface area contributed by atoms with E-state index in [1.54, 1.807) is 11.0 Å². The van der Waals surface area contributed by atoms with Crippen LogP contribution >= 0.6 is 11.6 Å². The Hall–Kier alpha value is -2.48. The normalized spacial score (nSPS) is 22.8. The Morgan fingerprint density at radius 1 is 1.26 bits per heavy atom. The molecule has 2 aliphatic heterocycles. The highest BCUT2D eigenvalue weighted by Crippen LogP contribution is 2.32. The van der Waals surface area contributed by atoms with Crippen molar-refractivity contribution in [3.8, 4) is 0 Å². The Bertz CT molecular complexity index is 971. The van der Waals surface area contributed by atoms with Crippen molar-refractivity contribution in [1.29, 1.82) is 0 Å². The molecule has 194 valence electrons. The van der Waals surface area contributed by atoms with Crippen LogP contribution in [0.2, 0.25) is 5.02 Å². The van der Waals surface area contributed by atoms with Crippen molar-refractivity contribution < 1.29 is 19.1 Å². The fraction of sp³-hybridized carbons (Fsp3) is 0.654. The summed E-state index contributed by atoms with van der Waals surface area (Å²) in [5.41, 5.74) is 1.65. The molecule has 8 nitrogen and oxygen atoms in total. The molecular formula is C26H39ClN4O4. The highest BCUT2D eigenvalue weighted by atomic mass is 35.5. The molecule has 1 aromatic carbocycles. The number of nitrogens with one attached hydrogen (secondary N) is 2. The van der Waals surface area contributed by atoms with Gasteiger partial charge in [-0.25, -0.2) is 4.79 Å². The van der Waals surface area contributed by atoms with Crippen molar-refractivity contribution in [3.05, 3.63) is 28.3 Å². The van der Waals surface area contributed by atoms with Crippen LogP contribution in [0.3, 0.4) is 0 Å². The fourth-order valence-corrected chi connectivity index (χ4v) is 5.15. The molecule has 0 saturated carbocycles. The first-order chi connectivity index (χ1) is 16.3. The van der Waals surface area contributed by atoms with E-state index in [1.807, 2.05) is 54.5 Å². The van der Waals surface area contributed by atoms with Crippen LogP contribution in [0.5, 0.6) is 0 Å². The highest BCUT2D eigenvalue weighted by molar-refractivity contribution is 6.31. The first-order valence-electron chi connectivity index (χ1n) is 12.4. The highest BCUT2D eigenvalue weighted by Gasteiger charge is 2.38. The van der Waals surface area contributed by atoms with E-state index in [9.17, 15) is 14.4 Å². The van der Waals surface area contributed by atoms with Gasteiger partial charge in [0.25, 0.3) is 5.91 Å². The number of likely N-dealkylation sites (tertiary alicyclic amines) is 1. The minimum Gasteiger partial charge on any atom is -0.444 e. The molecule has 0 aromatic heterocycles. The molecule has 0 bridgehead atoms. The van der Waals surface area contributed by atoms with Crippen molar-refractivity contribution >= 4 is 35.2 Å². The molecule has 0 spiro atoms. The van der Waals surface area contributed by atoms with E-state index in [0.29, 0.717) is 30.2 Å². The number of amides is 3. The van der Waals surface area contributed by atoms with Crippen molar-refractivity contribution in [2.45, 2.75) is 72.6 Å². The molecule has 2 saturated heterocycles. The Labute approximate surface area is 213 Å². The molecule has 2 N–H and O–H groups in total. The van der Waals surface area contributed by atoms with Crippen molar-refractivity contribution in [2.24, 2.45) is 11.8 Å². The molecule has 2 heterocycles. The van der Waals surface area contributed by atoms with E-state index in [-0.39, 0.29) is 48.4 Å². The van der Waals surface area contributed by atoms with Crippen LogP contribution in [0.1, 0.15) is 63.9 Å². The number of benzene rings is 1. The topological polar surface area (TPSA) is 91.0 Å². The van der Waals surface area contributed by atoms with Gasteiger partial charge in [-0.15, -0.1) is 0 Å². The number of likely N-dealkylation sites (N-methyl/N-ethyl adjacent to an activating group) is 1. The lowest BCUT2D eigenvalue weighted by molar-refractivity contribution is -0.129. The van der Waals surface area contributed by atoms with Gasteiger partial charge in [0.15, 0.2) is 0 Å². The van der Waals surface area contributed by atoms with Crippen molar-refractivity contribution in [3.63, 3.8) is 0 Å². The summed E-state index contributed by atoms with van der Waals surface area (Å²) in [4.78, 5) is 41.8. The quantitative estimate of drug-likeness (QED) is 0.609. The lowest BCUT2D eigenvalue weighted by atomic mass is 9.84. The Morgan fingerprint density at radius 3 is 2.49 bits per heavy atom. The molecule has 2 fully saturated rings. The number of rotatable bonds is 6. The van der Waals surface area contributed by atoms with E-state index in [2.05, 4.69) is 15.5 Å². The standard InChI is InChI=1S/C26H39ClN4O4/c1-8-31(19-13-30(14-19)25(34)35-26(5,6)7)22-11-18(27)10-20(17(22)4)23(32)28-12-21-15(2)9-16(3)29-24(21)33/h10-11,15-16,19,21H,8-9,12-14H2,1-7H3,(H,28,32)(H,29,33). The number of anilines is 1. The summed E-state index contributed by atoms with van der Waals surface area (Å²) < 4.78 is 5.47. The molecule has 0 aliphatic carbocycles. The number of nitrogens with zero attached hydrogens (tertiary/aromatic N) is 2. The summed E-state index contributed by atoms with van der Waals surface area (Å²) in [6.07, 6.45) is 0.572. The van der Waals surface area contributed by atoms with Crippen molar-refractivity contribution in [1.82, 2.24) is 15.5 Å². The fourth-order valence-electron chi connectivity index (χ4n) is 4.93. The zero-order valence-corrected chi connectivity index (χ0v) is 22.7. The zero-order chi connectivity index (χ0) is 26.1. The molecular weight excluding hydrogens is 468 g/mol. The molecule has 3 atom stereocenters. The van der Waals surface area contributed by atoms with Gasteiger partial charge in [-0.3, -0.25) is 9.59 Å². The molecule has 0 radical (unpaired) electrons. The second-order valence-electron chi connectivity index (χ2n) is 10.9. The van der Waals surface area contributed by atoms with Crippen LogP contribution in [0.15, 0.2) is 12.1 Å². The van der Waals surface area contributed by atoms with E-state index < -0.39 is 5.60 Å². The lowest BCUT2D eigenvalue weighted by Gasteiger charge is -2.46. The predicted octanol–water partition coefficient (Wildman–Crippen LogP) is 3.98. The second kappa shape index (κ2) is 10.6. The van der Waals surface area contributed by atoms with Gasteiger partial charge in [-0.1, -0.05) is 18.5 Å². The summed E-state index contributed by atoms with van der Waals surface area (Å²) in [6, 6.07) is 3.80. The maximum Gasteiger partial charge on any atom is 0.410 e. The summed E-state index contributed by atoms with van der Waals surface area (Å²) in [6.45, 7) is 15.6. The maximum atomic E-state index is 13.1. The molecule has 9 heteroatoms. The van der Waals surface area contributed by atoms with E-state index in [0.717, 1.165) is 17.7 Å². The first-order valence-corrected chi connectivity index (χ1v) is 12.8. The SMILES string of the molecule is CCN(c1cc(Cl)cc(C(=O)NCC2C(=O)NC(C)CC2C)c1C)C1CN(C(=O)OC(C)(C)C)C1. The van der Waals surface area contributed by atoms with E-state index >= 15 is 0 Å². The molecule has 1 aromatic rings.